The van der Waals surface area contributed by atoms with Crippen molar-refractivity contribution in [2.45, 2.75) is 26.2 Å². The fourth-order valence-electron chi connectivity index (χ4n) is 2.15. The van der Waals surface area contributed by atoms with Crippen molar-refractivity contribution in [1.29, 1.82) is 0 Å². The zero-order valence-electron chi connectivity index (χ0n) is 11.3. The van der Waals surface area contributed by atoms with Gasteiger partial charge in [0.2, 0.25) is 0 Å². The second kappa shape index (κ2) is 5.66. The van der Waals surface area contributed by atoms with E-state index in [0.717, 1.165) is 11.8 Å². The zero-order chi connectivity index (χ0) is 14.8. The molecule has 0 bridgehead atoms. The Morgan fingerprint density at radius 1 is 1.25 bits per heavy atom. The van der Waals surface area contributed by atoms with Crippen LogP contribution in [0.25, 0.3) is 11.3 Å². The van der Waals surface area contributed by atoms with E-state index in [9.17, 15) is 13.2 Å². The van der Waals surface area contributed by atoms with Gasteiger partial charge in [-0.2, -0.15) is 18.3 Å². The van der Waals surface area contributed by atoms with E-state index < -0.39 is 11.7 Å². The van der Waals surface area contributed by atoms with Gasteiger partial charge in [-0.1, -0.05) is 18.2 Å². The highest BCUT2D eigenvalue weighted by atomic mass is 19.4. The van der Waals surface area contributed by atoms with E-state index in [2.05, 4.69) is 10.4 Å². The van der Waals surface area contributed by atoms with Crippen LogP contribution in [0.5, 0.6) is 0 Å². The molecule has 6 heteroatoms. The summed E-state index contributed by atoms with van der Waals surface area (Å²) in [4.78, 5) is 0. The summed E-state index contributed by atoms with van der Waals surface area (Å²) in [7, 11) is 1.77. The van der Waals surface area contributed by atoms with Gasteiger partial charge in [0.1, 0.15) is 0 Å². The van der Waals surface area contributed by atoms with Crippen molar-refractivity contribution in [2.75, 3.05) is 7.05 Å². The van der Waals surface area contributed by atoms with Crippen molar-refractivity contribution < 1.29 is 13.2 Å². The van der Waals surface area contributed by atoms with Crippen LogP contribution in [0.3, 0.4) is 0 Å². The maximum Gasteiger partial charge on any atom is 0.417 e. The quantitative estimate of drug-likeness (QED) is 0.933. The number of benzene rings is 1. The first-order chi connectivity index (χ1) is 9.47. The summed E-state index contributed by atoms with van der Waals surface area (Å²) >= 11 is 0. The molecule has 1 aromatic carbocycles. The number of aryl methyl sites for hydroxylation is 1. The Kier molecular flexibility index (Phi) is 4.13. The van der Waals surface area contributed by atoms with E-state index in [-0.39, 0.29) is 5.56 Å². The average Bonchev–Trinajstić information content (AvgIpc) is 2.81. The predicted octanol–water partition coefficient (Wildman–Crippen LogP) is 3.31. The molecule has 2 aromatic rings. The van der Waals surface area contributed by atoms with E-state index in [1.165, 1.54) is 12.1 Å². The van der Waals surface area contributed by atoms with Crippen LogP contribution < -0.4 is 5.32 Å². The third-order valence-corrected chi connectivity index (χ3v) is 3.00. The number of rotatable bonds is 4. The van der Waals surface area contributed by atoms with Gasteiger partial charge in [0.05, 0.1) is 17.0 Å². The van der Waals surface area contributed by atoms with E-state index in [0.29, 0.717) is 18.8 Å². The van der Waals surface area contributed by atoms with Crippen LogP contribution in [0.4, 0.5) is 13.2 Å². The Bertz CT molecular complexity index is 588. The second-order valence-electron chi connectivity index (χ2n) is 4.41. The molecule has 0 fully saturated rings. The number of nitrogens with zero attached hydrogens (tertiary/aromatic N) is 2. The molecule has 0 aliphatic rings. The standard InChI is InChI=1S/C14H16F3N3/c1-3-20-13(8-10(19-20)9-18-2)11-6-4-5-7-12(11)14(15,16)17/h4-8,18H,3,9H2,1-2H3. The summed E-state index contributed by atoms with van der Waals surface area (Å²) in [5.41, 5.74) is 0.745. The number of hydrogen-bond acceptors (Lipinski definition) is 2. The lowest BCUT2D eigenvalue weighted by molar-refractivity contribution is -0.137. The SMILES string of the molecule is CCn1nc(CNC)cc1-c1ccccc1C(F)(F)F. The van der Waals surface area contributed by atoms with Gasteiger partial charge in [0.25, 0.3) is 0 Å². The minimum Gasteiger partial charge on any atom is -0.314 e. The van der Waals surface area contributed by atoms with E-state index >= 15 is 0 Å². The lowest BCUT2D eigenvalue weighted by atomic mass is 10.0. The maximum atomic E-state index is 13.1. The summed E-state index contributed by atoms with van der Waals surface area (Å²) in [5, 5.41) is 7.25. The maximum absolute atomic E-state index is 13.1. The second-order valence-corrected chi connectivity index (χ2v) is 4.41. The molecule has 1 heterocycles. The highest BCUT2D eigenvalue weighted by Crippen LogP contribution is 2.37. The van der Waals surface area contributed by atoms with Crippen LogP contribution in [0.15, 0.2) is 30.3 Å². The monoisotopic (exact) mass is 283 g/mol. The van der Waals surface area contributed by atoms with Gasteiger partial charge >= 0.3 is 6.18 Å². The topological polar surface area (TPSA) is 29.9 Å². The van der Waals surface area contributed by atoms with Crippen molar-refractivity contribution in [3.8, 4) is 11.3 Å². The Morgan fingerprint density at radius 3 is 2.55 bits per heavy atom. The summed E-state index contributed by atoms with van der Waals surface area (Å²) in [6, 6.07) is 7.28. The van der Waals surface area contributed by atoms with E-state index in [1.807, 2.05) is 6.92 Å². The van der Waals surface area contributed by atoms with Gasteiger partial charge in [-0.3, -0.25) is 4.68 Å². The minimum absolute atomic E-state index is 0.164. The molecule has 20 heavy (non-hydrogen) atoms. The first-order valence-corrected chi connectivity index (χ1v) is 6.35. The van der Waals surface area contributed by atoms with Gasteiger partial charge < -0.3 is 5.32 Å². The Hall–Kier alpha value is -1.82. The molecule has 3 nitrogen and oxygen atoms in total. The first kappa shape index (κ1) is 14.6. The van der Waals surface area contributed by atoms with Crippen LogP contribution in [0.1, 0.15) is 18.2 Å². The fraction of sp³-hybridized carbons (Fsp3) is 0.357. The van der Waals surface area contributed by atoms with Crippen molar-refractivity contribution >= 4 is 0 Å². The lowest BCUT2D eigenvalue weighted by Gasteiger charge is -2.13. The Labute approximate surface area is 115 Å². The molecular weight excluding hydrogens is 267 g/mol. The van der Waals surface area contributed by atoms with E-state index in [4.69, 9.17) is 0 Å². The summed E-state index contributed by atoms with van der Waals surface area (Å²) in [5.74, 6) is 0. The molecule has 2 rings (SSSR count). The first-order valence-electron chi connectivity index (χ1n) is 6.35. The number of nitrogens with one attached hydrogen (secondary N) is 1. The molecule has 0 saturated carbocycles. The van der Waals surface area contributed by atoms with Crippen molar-refractivity contribution in [3.05, 3.63) is 41.6 Å². The largest absolute Gasteiger partial charge is 0.417 e. The van der Waals surface area contributed by atoms with Gasteiger partial charge in [0, 0.05) is 18.7 Å². The summed E-state index contributed by atoms with van der Waals surface area (Å²) < 4.78 is 40.8. The normalized spacial score (nSPS) is 11.8. The zero-order valence-corrected chi connectivity index (χ0v) is 11.3. The molecule has 1 N–H and O–H groups in total. The molecule has 0 aliphatic heterocycles. The third-order valence-electron chi connectivity index (χ3n) is 3.00. The number of alkyl halides is 3. The van der Waals surface area contributed by atoms with Gasteiger partial charge in [0.15, 0.2) is 0 Å². The Balaban J connectivity index is 2.56. The third kappa shape index (κ3) is 2.85. The molecule has 0 aliphatic carbocycles. The lowest BCUT2D eigenvalue weighted by Crippen LogP contribution is -2.09. The molecule has 1 aromatic heterocycles. The fourth-order valence-corrected chi connectivity index (χ4v) is 2.15. The molecule has 0 unspecified atom stereocenters. The molecule has 0 spiro atoms. The highest BCUT2D eigenvalue weighted by molar-refractivity contribution is 5.65. The van der Waals surface area contributed by atoms with Crippen LogP contribution >= 0.6 is 0 Å². The Morgan fingerprint density at radius 2 is 1.95 bits per heavy atom. The number of hydrogen-bond donors (Lipinski definition) is 1. The van der Waals surface area contributed by atoms with Crippen LogP contribution in [0, 0.1) is 0 Å². The molecule has 108 valence electrons. The molecular formula is C14H16F3N3. The number of halogens is 3. The number of aromatic nitrogens is 2. The van der Waals surface area contributed by atoms with Crippen molar-refractivity contribution in [2.24, 2.45) is 0 Å². The van der Waals surface area contributed by atoms with Crippen LogP contribution in [-0.4, -0.2) is 16.8 Å². The smallest absolute Gasteiger partial charge is 0.314 e. The predicted molar refractivity (Wildman–Crippen MR) is 71.1 cm³/mol. The summed E-state index contributed by atoms with van der Waals surface area (Å²) in [6.07, 6.45) is -4.37. The van der Waals surface area contributed by atoms with E-state index in [1.54, 1.807) is 23.9 Å². The molecule has 0 atom stereocenters. The van der Waals surface area contributed by atoms with Crippen molar-refractivity contribution in [3.63, 3.8) is 0 Å². The average molecular weight is 283 g/mol. The van der Waals surface area contributed by atoms with Gasteiger partial charge in [-0.15, -0.1) is 0 Å². The molecule has 0 saturated heterocycles. The summed E-state index contributed by atoms with van der Waals surface area (Å²) in [6.45, 7) is 2.90. The molecule has 0 amide bonds. The van der Waals surface area contributed by atoms with Crippen LogP contribution in [-0.2, 0) is 19.3 Å². The van der Waals surface area contributed by atoms with Crippen LogP contribution in [0.2, 0.25) is 0 Å². The highest BCUT2D eigenvalue weighted by Gasteiger charge is 2.34. The molecule has 0 radical (unpaired) electrons. The van der Waals surface area contributed by atoms with Gasteiger partial charge in [-0.25, -0.2) is 0 Å². The minimum atomic E-state index is -4.37. The van der Waals surface area contributed by atoms with Gasteiger partial charge in [-0.05, 0) is 26.1 Å². The van der Waals surface area contributed by atoms with Crippen molar-refractivity contribution in [1.82, 2.24) is 15.1 Å².